The molecule has 2 rings (SSSR count). The van der Waals surface area contributed by atoms with Crippen molar-refractivity contribution in [3.8, 4) is 5.75 Å². The maximum Gasteiger partial charge on any atom is 0.315 e. The van der Waals surface area contributed by atoms with Crippen LogP contribution in [0.25, 0.3) is 0 Å². The maximum atomic E-state index is 12.5. The molecule has 6 heteroatoms. The standard InChI is InChI=1S/C21H27N3O3/c1-15(2)23-20(25)19(17-10-5-4-6-11-17)24-21(26)22-14-13-16-9-7-8-12-18(16)27-3/h4-12,15,19H,13-14H2,1-3H3,(H,23,25)(H2,22,24,26). The van der Waals surface area contributed by atoms with E-state index in [9.17, 15) is 9.59 Å². The normalized spacial score (nSPS) is 11.6. The second kappa shape index (κ2) is 10.2. The molecule has 6 nitrogen and oxygen atoms in total. The number of benzene rings is 2. The molecule has 0 spiro atoms. The molecule has 0 radical (unpaired) electrons. The molecule has 2 aromatic rings. The summed E-state index contributed by atoms with van der Waals surface area (Å²) in [6.45, 7) is 4.19. The number of rotatable bonds is 8. The summed E-state index contributed by atoms with van der Waals surface area (Å²) in [5, 5.41) is 8.41. The van der Waals surface area contributed by atoms with Gasteiger partial charge in [-0.1, -0.05) is 48.5 Å². The van der Waals surface area contributed by atoms with Crippen molar-refractivity contribution in [3.05, 3.63) is 65.7 Å². The van der Waals surface area contributed by atoms with Gasteiger partial charge >= 0.3 is 6.03 Å². The fourth-order valence-corrected chi connectivity index (χ4v) is 2.72. The Morgan fingerprint density at radius 1 is 0.963 bits per heavy atom. The van der Waals surface area contributed by atoms with Crippen molar-refractivity contribution >= 4 is 11.9 Å². The van der Waals surface area contributed by atoms with Crippen LogP contribution in [0, 0.1) is 0 Å². The van der Waals surface area contributed by atoms with E-state index >= 15 is 0 Å². The lowest BCUT2D eigenvalue weighted by Crippen LogP contribution is -2.46. The van der Waals surface area contributed by atoms with Gasteiger partial charge in [-0.15, -0.1) is 0 Å². The molecule has 0 saturated heterocycles. The van der Waals surface area contributed by atoms with Crippen LogP contribution in [-0.2, 0) is 11.2 Å². The zero-order valence-corrected chi connectivity index (χ0v) is 16.0. The van der Waals surface area contributed by atoms with Gasteiger partial charge in [0.15, 0.2) is 0 Å². The molecule has 0 aromatic heterocycles. The molecule has 1 atom stereocenters. The molecule has 0 aliphatic carbocycles. The molecule has 144 valence electrons. The molecule has 3 amide bonds. The molecule has 0 aliphatic heterocycles. The van der Waals surface area contributed by atoms with Gasteiger partial charge in [0.25, 0.3) is 0 Å². The van der Waals surface area contributed by atoms with Crippen molar-refractivity contribution in [2.75, 3.05) is 13.7 Å². The minimum atomic E-state index is -0.750. The van der Waals surface area contributed by atoms with Gasteiger partial charge in [-0.2, -0.15) is 0 Å². The van der Waals surface area contributed by atoms with Gasteiger partial charge in [-0.05, 0) is 37.5 Å². The lowest BCUT2D eigenvalue weighted by atomic mass is 10.1. The highest BCUT2D eigenvalue weighted by Crippen LogP contribution is 2.17. The number of hydrogen-bond donors (Lipinski definition) is 3. The molecule has 0 heterocycles. The molecule has 0 fully saturated rings. The fraction of sp³-hybridized carbons (Fsp3) is 0.333. The van der Waals surface area contributed by atoms with E-state index in [0.29, 0.717) is 13.0 Å². The third-order valence-electron chi connectivity index (χ3n) is 3.97. The smallest absolute Gasteiger partial charge is 0.315 e. The summed E-state index contributed by atoms with van der Waals surface area (Å²) in [4.78, 5) is 24.8. The highest BCUT2D eigenvalue weighted by molar-refractivity contribution is 5.88. The topological polar surface area (TPSA) is 79.5 Å². The van der Waals surface area contributed by atoms with Gasteiger partial charge in [-0.3, -0.25) is 4.79 Å². The van der Waals surface area contributed by atoms with Gasteiger partial charge in [0.05, 0.1) is 7.11 Å². The fourth-order valence-electron chi connectivity index (χ4n) is 2.72. The van der Waals surface area contributed by atoms with E-state index in [1.165, 1.54) is 0 Å². The SMILES string of the molecule is COc1ccccc1CCNC(=O)NC(C(=O)NC(C)C)c1ccccc1. The Labute approximate surface area is 160 Å². The highest BCUT2D eigenvalue weighted by Gasteiger charge is 2.22. The number of nitrogens with one attached hydrogen (secondary N) is 3. The van der Waals surface area contributed by atoms with Crippen molar-refractivity contribution in [2.24, 2.45) is 0 Å². The van der Waals surface area contributed by atoms with Crippen molar-refractivity contribution in [2.45, 2.75) is 32.4 Å². The molecule has 1 unspecified atom stereocenters. The largest absolute Gasteiger partial charge is 0.496 e. The van der Waals surface area contributed by atoms with E-state index in [4.69, 9.17) is 4.74 Å². The lowest BCUT2D eigenvalue weighted by molar-refractivity contribution is -0.123. The van der Waals surface area contributed by atoms with E-state index in [0.717, 1.165) is 16.9 Å². The third kappa shape index (κ3) is 6.33. The second-order valence-electron chi connectivity index (χ2n) is 6.47. The average Bonchev–Trinajstić information content (AvgIpc) is 2.66. The van der Waals surface area contributed by atoms with Crippen LogP contribution in [0.2, 0.25) is 0 Å². The first-order valence-electron chi connectivity index (χ1n) is 9.03. The second-order valence-corrected chi connectivity index (χ2v) is 6.47. The molecule has 3 N–H and O–H groups in total. The number of methoxy groups -OCH3 is 1. The van der Waals surface area contributed by atoms with Crippen LogP contribution in [-0.4, -0.2) is 31.6 Å². The van der Waals surface area contributed by atoms with Gasteiger partial charge in [0, 0.05) is 12.6 Å². The maximum absolute atomic E-state index is 12.5. The van der Waals surface area contributed by atoms with Crippen molar-refractivity contribution < 1.29 is 14.3 Å². The van der Waals surface area contributed by atoms with Crippen LogP contribution in [0.4, 0.5) is 4.79 Å². The predicted molar refractivity (Wildman–Crippen MR) is 106 cm³/mol. The quantitative estimate of drug-likeness (QED) is 0.669. The number of ether oxygens (including phenoxy) is 1. The van der Waals surface area contributed by atoms with Gasteiger partial charge in [0.2, 0.25) is 5.91 Å². The number of amides is 3. The van der Waals surface area contributed by atoms with E-state index in [2.05, 4.69) is 16.0 Å². The molecular formula is C21H27N3O3. The number of urea groups is 1. The summed E-state index contributed by atoms with van der Waals surface area (Å²) in [5.74, 6) is 0.550. The summed E-state index contributed by atoms with van der Waals surface area (Å²) < 4.78 is 5.31. The molecule has 0 bridgehead atoms. The number of hydrogen-bond acceptors (Lipinski definition) is 3. The van der Waals surface area contributed by atoms with Crippen LogP contribution < -0.4 is 20.7 Å². The Morgan fingerprint density at radius 2 is 1.63 bits per heavy atom. The molecule has 0 aliphatic rings. The Hall–Kier alpha value is -3.02. The van der Waals surface area contributed by atoms with Gasteiger partial charge in [-0.25, -0.2) is 4.79 Å². The lowest BCUT2D eigenvalue weighted by Gasteiger charge is -2.20. The Morgan fingerprint density at radius 3 is 2.30 bits per heavy atom. The molecular weight excluding hydrogens is 342 g/mol. The minimum absolute atomic E-state index is 0.0147. The minimum Gasteiger partial charge on any atom is -0.496 e. The van der Waals surface area contributed by atoms with Crippen molar-refractivity contribution in [1.29, 1.82) is 0 Å². The first-order chi connectivity index (χ1) is 13.0. The van der Waals surface area contributed by atoms with Crippen LogP contribution in [0.5, 0.6) is 5.75 Å². The zero-order chi connectivity index (χ0) is 19.6. The Kier molecular flexibility index (Phi) is 7.67. The monoisotopic (exact) mass is 369 g/mol. The molecule has 0 saturated carbocycles. The number of carbonyl (C=O) groups is 2. The van der Waals surface area contributed by atoms with E-state index in [1.807, 2.05) is 68.4 Å². The van der Waals surface area contributed by atoms with E-state index < -0.39 is 12.1 Å². The van der Waals surface area contributed by atoms with E-state index in [1.54, 1.807) is 7.11 Å². The predicted octanol–water partition coefficient (Wildman–Crippen LogP) is 2.80. The van der Waals surface area contributed by atoms with Gasteiger partial charge < -0.3 is 20.7 Å². The summed E-state index contributed by atoms with van der Waals surface area (Å²) >= 11 is 0. The van der Waals surface area contributed by atoms with Gasteiger partial charge in [0.1, 0.15) is 11.8 Å². The first kappa shape index (κ1) is 20.3. The summed E-state index contributed by atoms with van der Waals surface area (Å²) in [6.07, 6.45) is 0.631. The van der Waals surface area contributed by atoms with Crippen molar-refractivity contribution in [1.82, 2.24) is 16.0 Å². The first-order valence-corrected chi connectivity index (χ1v) is 9.03. The molecule has 2 aromatic carbocycles. The Balaban J connectivity index is 1.96. The van der Waals surface area contributed by atoms with Crippen LogP contribution in [0.3, 0.4) is 0 Å². The van der Waals surface area contributed by atoms with Crippen LogP contribution >= 0.6 is 0 Å². The van der Waals surface area contributed by atoms with E-state index in [-0.39, 0.29) is 11.9 Å². The molecule has 27 heavy (non-hydrogen) atoms. The van der Waals surface area contributed by atoms with Crippen LogP contribution in [0.15, 0.2) is 54.6 Å². The average molecular weight is 369 g/mol. The zero-order valence-electron chi connectivity index (χ0n) is 16.0. The van der Waals surface area contributed by atoms with Crippen molar-refractivity contribution in [3.63, 3.8) is 0 Å². The number of carbonyl (C=O) groups excluding carboxylic acids is 2. The summed E-state index contributed by atoms with van der Waals surface area (Å²) in [6, 6.07) is 15.7. The summed E-state index contributed by atoms with van der Waals surface area (Å²) in [7, 11) is 1.62. The van der Waals surface area contributed by atoms with Crippen LogP contribution in [0.1, 0.15) is 31.0 Å². The number of para-hydroxylation sites is 1. The Bertz CT molecular complexity index is 747. The third-order valence-corrected chi connectivity index (χ3v) is 3.97. The summed E-state index contributed by atoms with van der Waals surface area (Å²) in [5.41, 5.74) is 1.74. The highest BCUT2D eigenvalue weighted by atomic mass is 16.5.